The highest BCUT2D eigenvalue weighted by Crippen LogP contribution is 2.18. The average molecular weight is 251 g/mol. The number of rotatable bonds is 5. The van der Waals surface area contributed by atoms with E-state index in [4.69, 9.17) is 0 Å². The van der Waals surface area contributed by atoms with Crippen molar-refractivity contribution in [3.63, 3.8) is 0 Å². The van der Waals surface area contributed by atoms with Crippen LogP contribution in [0.3, 0.4) is 0 Å². The first kappa shape index (κ1) is 12.9. The number of alkyl halides is 1. The van der Waals surface area contributed by atoms with Crippen molar-refractivity contribution in [2.75, 3.05) is 27.2 Å². The highest BCUT2D eigenvalue weighted by molar-refractivity contribution is 9.10. The van der Waals surface area contributed by atoms with Crippen molar-refractivity contribution in [1.29, 1.82) is 0 Å². The molecule has 0 saturated heterocycles. The van der Waals surface area contributed by atoms with E-state index in [1.54, 1.807) is 4.90 Å². The maximum absolute atomic E-state index is 11.6. The van der Waals surface area contributed by atoms with Gasteiger partial charge in [0.2, 0.25) is 5.91 Å². The largest absolute Gasteiger partial charge is 0.345 e. The van der Waals surface area contributed by atoms with E-state index in [9.17, 15) is 4.79 Å². The van der Waals surface area contributed by atoms with Crippen molar-refractivity contribution in [3.8, 4) is 0 Å². The van der Waals surface area contributed by atoms with Crippen molar-refractivity contribution in [2.45, 2.75) is 24.6 Å². The third-order valence-electron chi connectivity index (χ3n) is 1.78. The van der Waals surface area contributed by atoms with Crippen LogP contribution in [0.1, 0.15) is 20.3 Å². The van der Waals surface area contributed by atoms with Crippen molar-refractivity contribution >= 4 is 21.8 Å². The van der Waals surface area contributed by atoms with Gasteiger partial charge in [0, 0.05) is 13.6 Å². The van der Waals surface area contributed by atoms with E-state index in [-0.39, 0.29) is 5.91 Å². The molecule has 0 aromatic carbocycles. The lowest BCUT2D eigenvalue weighted by atomic mass is 10.2. The summed E-state index contributed by atoms with van der Waals surface area (Å²) in [6, 6.07) is 0. The number of hydrogen-bond acceptors (Lipinski definition) is 2. The van der Waals surface area contributed by atoms with Crippen molar-refractivity contribution in [2.24, 2.45) is 0 Å². The molecule has 0 atom stereocenters. The van der Waals surface area contributed by atoms with Gasteiger partial charge in [-0.2, -0.15) is 0 Å². The van der Waals surface area contributed by atoms with Crippen LogP contribution in [-0.4, -0.2) is 42.3 Å². The molecule has 4 heteroatoms. The van der Waals surface area contributed by atoms with E-state index in [1.807, 2.05) is 27.9 Å². The smallest absolute Gasteiger partial charge is 0.238 e. The molecule has 3 nitrogen and oxygen atoms in total. The zero-order chi connectivity index (χ0) is 10.5. The predicted molar refractivity (Wildman–Crippen MR) is 59.2 cm³/mol. The monoisotopic (exact) mass is 250 g/mol. The fraction of sp³-hybridized carbons (Fsp3) is 0.889. The molecule has 1 N–H and O–H groups in total. The molecule has 0 saturated carbocycles. The fourth-order valence-corrected chi connectivity index (χ4v) is 1.35. The zero-order valence-corrected chi connectivity index (χ0v) is 10.4. The van der Waals surface area contributed by atoms with Gasteiger partial charge in [0.25, 0.3) is 0 Å². The number of carbonyl (C=O) groups is 1. The molecule has 0 aromatic heterocycles. The summed E-state index contributed by atoms with van der Waals surface area (Å²) in [4.78, 5) is 13.4. The maximum atomic E-state index is 11.6. The van der Waals surface area contributed by atoms with Gasteiger partial charge >= 0.3 is 0 Å². The molecule has 0 spiro atoms. The van der Waals surface area contributed by atoms with Gasteiger partial charge in [0.05, 0.1) is 4.32 Å². The quantitative estimate of drug-likeness (QED) is 0.588. The normalized spacial score (nSPS) is 11.5. The van der Waals surface area contributed by atoms with Crippen LogP contribution in [0.2, 0.25) is 0 Å². The minimum atomic E-state index is -0.443. The standard InChI is InChI=1S/C9H19BrN2O/c1-9(2,10)8(13)12(4)7-5-6-11-3/h11H,5-7H2,1-4H3. The summed E-state index contributed by atoms with van der Waals surface area (Å²) < 4.78 is -0.443. The molecule has 0 aliphatic rings. The van der Waals surface area contributed by atoms with E-state index in [2.05, 4.69) is 21.2 Å². The summed E-state index contributed by atoms with van der Waals surface area (Å²) in [5.41, 5.74) is 0. The SMILES string of the molecule is CNCCCN(C)C(=O)C(C)(C)Br. The minimum Gasteiger partial charge on any atom is -0.345 e. The van der Waals surface area contributed by atoms with Crippen LogP contribution in [0, 0.1) is 0 Å². The molecule has 0 aliphatic carbocycles. The first-order valence-corrected chi connectivity index (χ1v) is 5.28. The first-order chi connectivity index (χ1) is 5.89. The van der Waals surface area contributed by atoms with Crippen LogP contribution in [0.4, 0.5) is 0 Å². The van der Waals surface area contributed by atoms with Gasteiger partial charge in [0.1, 0.15) is 0 Å². The Hall–Kier alpha value is -0.0900. The summed E-state index contributed by atoms with van der Waals surface area (Å²) >= 11 is 3.35. The maximum Gasteiger partial charge on any atom is 0.238 e. The van der Waals surface area contributed by atoms with E-state index < -0.39 is 4.32 Å². The molecule has 0 bridgehead atoms. The van der Waals surface area contributed by atoms with Gasteiger partial charge in [-0.3, -0.25) is 4.79 Å². The molecule has 78 valence electrons. The Morgan fingerprint density at radius 3 is 2.46 bits per heavy atom. The third kappa shape index (κ3) is 5.26. The second-order valence-corrected chi connectivity index (χ2v) is 5.64. The Bertz CT molecular complexity index is 165. The average Bonchev–Trinajstić information content (AvgIpc) is 2.01. The van der Waals surface area contributed by atoms with Gasteiger partial charge in [-0.25, -0.2) is 0 Å². The Labute approximate surface area is 89.0 Å². The number of hydrogen-bond donors (Lipinski definition) is 1. The molecule has 0 rings (SSSR count). The van der Waals surface area contributed by atoms with Crippen LogP contribution in [-0.2, 0) is 4.79 Å². The van der Waals surface area contributed by atoms with Crippen molar-refractivity contribution in [1.82, 2.24) is 10.2 Å². The molecule has 13 heavy (non-hydrogen) atoms. The summed E-state index contributed by atoms with van der Waals surface area (Å²) in [6.07, 6.45) is 0.988. The van der Waals surface area contributed by atoms with E-state index >= 15 is 0 Å². The fourth-order valence-electron chi connectivity index (χ4n) is 1.05. The van der Waals surface area contributed by atoms with Gasteiger partial charge in [-0.05, 0) is 33.9 Å². The number of nitrogens with one attached hydrogen (secondary N) is 1. The highest BCUT2D eigenvalue weighted by atomic mass is 79.9. The lowest BCUT2D eigenvalue weighted by Gasteiger charge is -2.24. The van der Waals surface area contributed by atoms with Crippen LogP contribution in [0.5, 0.6) is 0 Å². The number of halogens is 1. The molecule has 0 unspecified atom stereocenters. The summed E-state index contributed by atoms with van der Waals surface area (Å²) in [5.74, 6) is 0.128. The Morgan fingerprint density at radius 2 is 2.08 bits per heavy atom. The second kappa shape index (κ2) is 5.60. The Morgan fingerprint density at radius 1 is 1.54 bits per heavy atom. The van der Waals surface area contributed by atoms with E-state index in [0.717, 1.165) is 19.5 Å². The molecule has 0 radical (unpaired) electrons. The molecular weight excluding hydrogens is 232 g/mol. The van der Waals surface area contributed by atoms with E-state index in [1.165, 1.54) is 0 Å². The predicted octanol–water partition coefficient (Wildman–Crippen LogP) is 1.23. The number of nitrogens with zero attached hydrogens (tertiary/aromatic N) is 1. The Kier molecular flexibility index (Phi) is 5.56. The van der Waals surface area contributed by atoms with Crippen LogP contribution >= 0.6 is 15.9 Å². The second-order valence-electron chi connectivity index (χ2n) is 3.66. The lowest BCUT2D eigenvalue weighted by Crippen LogP contribution is -2.40. The van der Waals surface area contributed by atoms with Crippen molar-refractivity contribution in [3.05, 3.63) is 0 Å². The molecular formula is C9H19BrN2O. The Balaban J connectivity index is 3.84. The third-order valence-corrected chi connectivity index (χ3v) is 2.11. The number of carbonyl (C=O) groups excluding carboxylic acids is 1. The van der Waals surface area contributed by atoms with Gasteiger partial charge in [0.15, 0.2) is 0 Å². The molecule has 0 heterocycles. The van der Waals surface area contributed by atoms with Crippen LogP contribution in [0.15, 0.2) is 0 Å². The topological polar surface area (TPSA) is 32.3 Å². The zero-order valence-electron chi connectivity index (χ0n) is 8.85. The highest BCUT2D eigenvalue weighted by Gasteiger charge is 2.26. The summed E-state index contributed by atoms with van der Waals surface area (Å²) in [5, 5.41) is 3.05. The van der Waals surface area contributed by atoms with Crippen LogP contribution in [0.25, 0.3) is 0 Å². The first-order valence-electron chi connectivity index (χ1n) is 4.48. The van der Waals surface area contributed by atoms with E-state index in [0.29, 0.717) is 0 Å². The molecule has 0 aliphatic heterocycles. The minimum absolute atomic E-state index is 0.128. The summed E-state index contributed by atoms with van der Waals surface area (Å²) in [6.45, 7) is 5.48. The summed E-state index contributed by atoms with van der Waals surface area (Å²) in [7, 11) is 3.75. The molecule has 0 aromatic rings. The van der Waals surface area contributed by atoms with Crippen LogP contribution < -0.4 is 5.32 Å². The number of amides is 1. The molecule has 0 fully saturated rings. The van der Waals surface area contributed by atoms with Gasteiger partial charge in [-0.15, -0.1) is 0 Å². The van der Waals surface area contributed by atoms with Gasteiger partial charge < -0.3 is 10.2 Å². The molecule has 1 amide bonds. The van der Waals surface area contributed by atoms with Crippen molar-refractivity contribution < 1.29 is 4.79 Å². The van der Waals surface area contributed by atoms with Gasteiger partial charge in [-0.1, -0.05) is 15.9 Å². The lowest BCUT2D eigenvalue weighted by molar-refractivity contribution is -0.131.